The monoisotopic (exact) mass is 489 g/mol. The highest BCUT2D eigenvalue weighted by Gasteiger charge is 2.26. The van der Waals surface area contributed by atoms with Crippen molar-refractivity contribution in [3.63, 3.8) is 0 Å². The smallest absolute Gasteiger partial charge is 0.309 e. The molecule has 1 saturated heterocycles. The topological polar surface area (TPSA) is 77.6 Å². The van der Waals surface area contributed by atoms with Crippen LogP contribution in [-0.4, -0.2) is 61.0 Å². The molecular formula is C28H32FN5O2. The molecule has 7 nitrogen and oxygen atoms in total. The number of amides is 2. The van der Waals surface area contributed by atoms with E-state index >= 15 is 0 Å². The first kappa shape index (κ1) is 25.3. The minimum atomic E-state index is -0.631. The molecule has 1 aliphatic heterocycles. The first-order chi connectivity index (χ1) is 17.6. The summed E-state index contributed by atoms with van der Waals surface area (Å²) in [6.45, 7) is 3.82. The maximum Gasteiger partial charge on any atom is 0.309 e. The Kier molecular flexibility index (Phi) is 8.99. The fourth-order valence-corrected chi connectivity index (χ4v) is 4.46. The number of aromatic nitrogens is 1. The second-order valence-electron chi connectivity index (χ2n) is 8.86. The molecule has 1 atom stereocenters. The summed E-state index contributed by atoms with van der Waals surface area (Å²) < 4.78 is 13.3. The molecule has 2 amide bonds. The van der Waals surface area contributed by atoms with Crippen LogP contribution in [0.2, 0.25) is 0 Å². The summed E-state index contributed by atoms with van der Waals surface area (Å²) in [5.74, 6) is -1.49. The molecule has 1 fully saturated rings. The third-order valence-electron chi connectivity index (χ3n) is 6.45. The molecule has 4 rings (SSSR count). The van der Waals surface area contributed by atoms with Gasteiger partial charge in [0.1, 0.15) is 5.82 Å². The number of piperazine rings is 1. The van der Waals surface area contributed by atoms with Crippen molar-refractivity contribution in [3.05, 3.63) is 96.1 Å². The summed E-state index contributed by atoms with van der Waals surface area (Å²) in [5, 5.41) is 5.52. The van der Waals surface area contributed by atoms with Gasteiger partial charge in [0.15, 0.2) is 0 Å². The third-order valence-corrected chi connectivity index (χ3v) is 6.45. The SMILES string of the molecule is O=C(NCCCc1ccccc1)C(=O)NCC(c1cccnc1)N1CCN(c2ccc(F)cc2)CC1. The quantitative estimate of drug-likeness (QED) is 0.357. The average molecular weight is 490 g/mol. The van der Waals surface area contributed by atoms with Gasteiger partial charge in [-0.2, -0.15) is 0 Å². The van der Waals surface area contributed by atoms with Gasteiger partial charge < -0.3 is 15.5 Å². The Morgan fingerprint density at radius 2 is 1.61 bits per heavy atom. The largest absolute Gasteiger partial charge is 0.369 e. The number of nitrogens with one attached hydrogen (secondary N) is 2. The van der Waals surface area contributed by atoms with Gasteiger partial charge in [-0.3, -0.25) is 19.5 Å². The van der Waals surface area contributed by atoms with E-state index in [1.165, 1.54) is 17.7 Å². The molecule has 2 aromatic carbocycles. The summed E-state index contributed by atoms with van der Waals surface area (Å²) in [4.78, 5) is 33.6. The van der Waals surface area contributed by atoms with Gasteiger partial charge in [0.25, 0.3) is 0 Å². The van der Waals surface area contributed by atoms with Gasteiger partial charge in [0, 0.05) is 57.3 Å². The Balaban J connectivity index is 1.28. The van der Waals surface area contributed by atoms with Crippen molar-refractivity contribution in [2.75, 3.05) is 44.2 Å². The Morgan fingerprint density at radius 3 is 2.31 bits per heavy atom. The summed E-state index contributed by atoms with van der Waals surface area (Å²) in [6.07, 6.45) is 5.12. The van der Waals surface area contributed by atoms with Crippen LogP contribution in [0.15, 0.2) is 79.1 Å². The second-order valence-corrected chi connectivity index (χ2v) is 8.86. The van der Waals surface area contributed by atoms with Crippen LogP contribution in [0.25, 0.3) is 0 Å². The van der Waals surface area contributed by atoms with Crippen LogP contribution in [-0.2, 0) is 16.0 Å². The Bertz CT molecular complexity index is 1100. The second kappa shape index (κ2) is 12.8. The number of aryl methyl sites for hydroxylation is 1. The van der Waals surface area contributed by atoms with Crippen molar-refractivity contribution < 1.29 is 14.0 Å². The lowest BCUT2D eigenvalue weighted by Crippen LogP contribution is -2.51. The molecule has 2 N–H and O–H groups in total. The zero-order chi connectivity index (χ0) is 25.2. The van der Waals surface area contributed by atoms with Crippen molar-refractivity contribution in [2.24, 2.45) is 0 Å². The molecule has 2 heterocycles. The zero-order valence-corrected chi connectivity index (χ0v) is 20.3. The number of anilines is 1. The maximum absolute atomic E-state index is 13.3. The predicted molar refractivity (Wildman–Crippen MR) is 138 cm³/mol. The number of hydrogen-bond donors (Lipinski definition) is 2. The minimum absolute atomic E-state index is 0.108. The van der Waals surface area contributed by atoms with Crippen LogP contribution in [0.4, 0.5) is 10.1 Å². The van der Waals surface area contributed by atoms with Crippen LogP contribution >= 0.6 is 0 Å². The van der Waals surface area contributed by atoms with Gasteiger partial charge in [-0.1, -0.05) is 36.4 Å². The first-order valence-corrected chi connectivity index (χ1v) is 12.3. The highest BCUT2D eigenvalue weighted by molar-refractivity contribution is 6.35. The third kappa shape index (κ3) is 7.11. The molecule has 1 unspecified atom stereocenters. The van der Waals surface area contributed by atoms with Crippen molar-refractivity contribution in [1.29, 1.82) is 0 Å². The Morgan fingerprint density at radius 1 is 0.889 bits per heavy atom. The molecule has 8 heteroatoms. The lowest BCUT2D eigenvalue weighted by molar-refractivity contribution is -0.139. The Labute approximate surface area is 211 Å². The zero-order valence-electron chi connectivity index (χ0n) is 20.3. The van der Waals surface area contributed by atoms with Crippen molar-refractivity contribution in [2.45, 2.75) is 18.9 Å². The molecule has 0 saturated carbocycles. The predicted octanol–water partition coefficient (Wildman–Crippen LogP) is 2.95. The highest BCUT2D eigenvalue weighted by Crippen LogP contribution is 2.23. The number of rotatable bonds is 9. The van der Waals surface area contributed by atoms with E-state index in [9.17, 15) is 14.0 Å². The van der Waals surface area contributed by atoms with Gasteiger partial charge in [-0.05, 0) is 54.3 Å². The van der Waals surface area contributed by atoms with Gasteiger partial charge in [-0.25, -0.2) is 4.39 Å². The van der Waals surface area contributed by atoms with Crippen LogP contribution in [0.5, 0.6) is 0 Å². The standard InChI is InChI=1S/C28H32FN5O2/c29-24-10-12-25(13-11-24)33-16-18-34(19-17-33)26(23-9-5-14-30-20-23)21-32-28(36)27(35)31-15-4-8-22-6-2-1-3-7-22/h1-3,5-7,9-14,20,26H,4,8,15-19,21H2,(H,31,35)(H,32,36). The van der Waals surface area contributed by atoms with Gasteiger partial charge in [0.05, 0.1) is 6.04 Å². The minimum Gasteiger partial charge on any atom is -0.369 e. The van der Waals surface area contributed by atoms with Crippen LogP contribution in [0.3, 0.4) is 0 Å². The molecule has 1 aliphatic rings. The van der Waals surface area contributed by atoms with E-state index in [2.05, 4.69) is 25.4 Å². The summed E-state index contributed by atoms with van der Waals surface area (Å²) in [7, 11) is 0. The summed E-state index contributed by atoms with van der Waals surface area (Å²) >= 11 is 0. The molecule has 0 spiro atoms. The molecule has 188 valence electrons. The molecule has 3 aromatic rings. The van der Waals surface area contributed by atoms with E-state index in [1.807, 2.05) is 42.5 Å². The van der Waals surface area contributed by atoms with Crippen molar-refractivity contribution >= 4 is 17.5 Å². The number of nitrogens with zero attached hydrogens (tertiary/aromatic N) is 3. The molecule has 0 bridgehead atoms. The summed E-state index contributed by atoms with van der Waals surface area (Å²) in [6, 6.07) is 20.3. The first-order valence-electron chi connectivity index (χ1n) is 12.3. The van der Waals surface area contributed by atoms with Gasteiger partial charge >= 0.3 is 11.8 Å². The average Bonchev–Trinajstić information content (AvgIpc) is 2.93. The van der Waals surface area contributed by atoms with E-state index in [0.29, 0.717) is 13.1 Å². The van der Waals surface area contributed by atoms with E-state index in [0.717, 1.165) is 50.3 Å². The van der Waals surface area contributed by atoms with Crippen LogP contribution in [0.1, 0.15) is 23.6 Å². The number of benzene rings is 2. The van der Waals surface area contributed by atoms with E-state index in [-0.39, 0.29) is 11.9 Å². The number of carbonyl (C=O) groups excluding carboxylic acids is 2. The molecule has 36 heavy (non-hydrogen) atoms. The van der Waals surface area contributed by atoms with E-state index in [1.54, 1.807) is 24.5 Å². The molecule has 0 aliphatic carbocycles. The number of carbonyl (C=O) groups is 2. The highest BCUT2D eigenvalue weighted by atomic mass is 19.1. The normalized spacial score (nSPS) is 14.8. The fraction of sp³-hybridized carbons (Fsp3) is 0.321. The van der Waals surface area contributed by atoms with Crippen LogP contribution in [0, 0.1) is 5.82 Å². The molecule has 0 radical (unpaired) electrons. The lowest BCUT2D eigenvalue weighted by Gasteiger charge is -2.40. The summed E-state index contributed by atoms with van der Waals surface area (Å²) in [5.41, 5.74) is 3.18. The van der Waals surface area contributed by atoms with Gasteiger partial charge in [0.2, 0.25) is 0 Å². The molecular weight excluding hydrogens is 457 g/mol. The van der Waals surface area contributed by atoms with Crippen molar-refractivity contribution in [1.82, 2.24) is 20.5 Å². The maximum atomic E-state index is 13.3. The molecule has 1 aromatic heterocycles. The Hall–Kier alpha value is -3.78. The number of pyridine rings is 1. The fourth-order valence-electron chi connectivity index (χ4n) is 4.46. The van der Waals surface area contributed by atoms with E-state index in [4.69, 9.17) is 0 Å². The number of halogens is 1. The number of hydrogen-bond acceptors (Lipinski definition) is 5. The van der Waals surface area contributed by atoms with Crippen LogP contribution < -0.4 is 15.5 Å². The van der Waals surface area contributed by atoms with E-state index < -0.39 is 11.8 Å². The van der Waals surface area contributed by atoms with Gasteiger partial charge in [-0.15, -0.1) is 0 Å². The van der Waals surface area contributed by atoms with Crippen molar-refractivity contribution in [3.8, 4) is 0 Å². The lowest BCUT2D eigenvalue weighted by atomic mass is 10.1.